The highest BCUT2D eigenvalue weighted by Crippen LogP contribution is 2.44. The molecule has 0 aromatic heterocycles. The lowest BCUT2D eigenvalue weighted by molar-refractivity contribution is -0.140. The first-order valence-corrected chi connectivity index (χ1v) is 10.1. The molecule has 0 spiro atoms. The topological polar surface area (TPSA) is 125 Å². The summed E-state index contributed by atoms with van der Waals surface area (Å²) in [7, 11) is 0. The Morgan fingerprint density at radius 1 is 1.00 bits per heavy atom. The molecule has 8 heteroatoms. The van der Waals surface area contributed by atoms with Gasteiger partial charge >= 0.3 is 12.1 Å². The lowest BCUT2D eigenvalue weighted by Crippen LogP contribution is -2.50. The molecule has 0 bridgehead atoms. The van der Waals surface area contributed by atoms with Crippen LogP contribution in [0.15, 0.2) is 48.5 Å². The van der Waals surface area contributed by atoms with Gasteiger partial charge in [-0.2, -0.15) is 0 Å². The van der Waals surface area contributed by atoms with Crippen molar-refractivity contribution in [2.45, 2.75) is 37.8 Å². The molecule has 2 unspecified atom stereocenters. The van der Waals surface area contributed by atoms with Crippen LogP contribution in [0.25, 0.3) is 11.1 Å². The molecule has 0 saturated carbocycles. The molecule has 2 atom stereocenters. The maximum atomic E-state index is 12.4. The third-order valence-corrected chi connectivity index (χ3v) is 5.28. The molecule has 31 heavy (non-hydrogen) atoms. The van der Waals surface area contributed by atoms with Crippen molar-refractivity contribution in [3.8, 4) is 11.1 Å². The number of nitrogens with one attached hydrogen (secondary N) is 2. The van der Waals surface area contributed by atoms with Crippen molar-refractivity contribution in [1.29, 1.82) is 0 Å². The summed E-state index contributed by atoms with van der Waals surface area (Å²) in [6.45, 7) is 1.62. The maximum Gasteiger partial charge on any atom is 0.407 e. The van der Waals surface area contributed by atoms with Crippen molar-refractivity contribution in [2.75, 3.05) is 13.2 Å². The molecule has 1 aliphatic rings. The Morgan fingerprint density at radius 2 is 1.58 bits per heavy atom. The smallest absolute Gasteiger partial charge is 0.407 e. The Bertz CT molecular complexity index is 915. The number of amides is 2. The molecular formula is C23H26N2O6. The van der Waals surface area contributed by atoms with E-state index in [1.165, 1.54) is 0 Å². The lowest BCUT2D eigenvalue weighted by Gasteiger charge is -2.20. The van der Waals surface area contributed by atoms with E-state index in [0.29, 0.717) is 6.42 Å². The van der Waals surface area contributed by atoms with E-state index in [4.69, 9.17) is 14.9 Å². The molecule has 2 amide bonds. The fourth-order valence-corrected chi connectivity index (χ4v) is 3.78. The third kappa shape index (κ3) is 5.40. The summed E-state index contributed by atoms with van der Waals surface area (Å²) in [5, 5.41) is 23.0. The molecule has 0 radical (unpaired) electrons. The monoisotopic (exact) mass is 426 g/mol. The second-order valence-corrected chi connectivity index (χ2v) is 7.54. The number of alkyl carbamates (subject to hydrolysis) is 1. The number of hydrogen-bond donors (Lipinski definition) is 4. The van der Waals surface area contributed by atoms with Crippen LogP contribution in [0.4, 0.5) is 4.79 Å². The van der Waals surface area contributed by atoms with E-state index in [-0.39, 0.29) is 25.2 Å². The van der Waals surface area contributed by atoms with Crippen molar-refractivity contribution in [2.24, 2.45) is 0 Å². The summed E-state index contributed by atoms with van der Waals surface area (Å²) >= 11 is 0. The molecule has 0 heterocycles. The van der Waals surface area contributed by atoms with E-state index >= 15 is 0 Å². The van der Waals surface area contributed by atoms with E-state index in [0.717, 1.165) is 22.3 Å². The Labute approximate surface area is 180 Å². The number of aliphatic hydroxyl groups excluding tert-OH is 1. The van der Waals surface area contributed by atoms with Crippen LogP contribution in [0, 0.1) is 0 Å². The van der Waals surface area contributed by atoms with Crippen LogP contribution in [0.1, 0.15) is 36.8 Å². The minimum absolute atomic E-state index is 0.0577. The highest BCUT2D eigenvalue weighted by atomic mass is 16.5. The van der Waals surface area contributed by atoms with Crippen LogP contribution >= 0.6 is 0 Å². The van der Waals surface area contributed by atoms with Crippen molar-refractivity contribution in [3.63, 3.8) is 0 Å². The van der Waals surface area contributed by atoms with E-state index in [2.05, 4.69) is 10.6 Å². The van der Waals surface area contributed by atoms with Gasteiger partial charge in [0.2, 0.25) is 5.91 Å². The lowest BCUT2D eigenvalue weighted by atomic mass is 9.98. The SMILES string of the molecule is CC(CCO)NC(=O)C(CC(=O)O)NC(=O)OCC1c2ccccc2-c2ccccc21. The van der Waals surface area contributed by atoms with E-state index in [1.54, 1.807) is 6.92 Å². The summed E-state index contributed by atoms with van der Waals surface area (Å²) in [6, 6.07) is 14.2. The number of rotatable bonds is 9. The molecule has 0 aliphatic heterocycles. The molecule has 164 valence electrons. The van der Waals surface area contributed by atoms with Gasteiger partial charge in [-0.05, 0) is 35.6 Å². The second kappa shape index (κ2) is 10.1. The number of carbonyl (C=O) groups excluding carboxylic acids is 2. The van der Waals surface area contributed by atoms with Gasteiger partial charge in [-0.1, -0.05) is 48.5 Å². The average molecular weight is 426 g/mol. The van der Waals surface area contributed by atoms with Crippen LogP contribution in [0.3, 0.4) is 0 Å². The number of hydrogen-bond acceptors (Lipinski definition) is 5. The van der Waals surface area contributed by atoms with Gasteiger partial charge in [0.15, 0.2) is 0 Å². The quantitative estimate of drug-likeness (QED) is 0.487. The molecule has 3 rings (SSSR count). The fourth-order valence-electron chi connectivity index (χ4n) is 3.78. The fraction of sp³-hybridized carbons (Fsp3) is 0.348. The molecule has 1 aliphatic carbocycles. The van der Waals surface area contributed by atoms with Crippen LogP contribution in [-0.2, 0) is 14.3 Å². The normalized spacial score (nSPS) is 14.1. The van der Waals surface area contributed by atoms with Gasteiger partial charge in [0, 0.05) is 18.6 Å². The molecule has 2 aromatic carbocycles. The first-order chi connectivity index (χ1) is 14.9. The number of aliphatic carboxylic acids is 1. The van der Waals surface area contributed by atoms with Crippen LogP contribution in [0.2, 0.25) is 0 Å². The predicted octanol–water partition coefficient (Wildman–Crippen LogP) is 2.26. The number of ether oxygens (including phenoxy) is 1. The van der Waals surface area contributed by atoms with Gasteiger partial charge in [0.25, 0.3) is 0 Å². The molecule has 2 aromatic rings. The molecule has 0 saturated heterocycles. The van der Waals surface area contributed by atoms with Crippen LogP contribution in [0.5, 0.6) is 0 Å². The maximum absolute atomic E-state index is 12.4. The number of carboxylic acid groups (broad SMARTS) is 1. The minimum atomic E-state index is -1.28. The summed E-state index contributed by atoms with van der Waals surface area (Å²) in [4.78, 5) is 35.9. The van der Waals surface area contributed by atoms with Crippen molar-refractivity contribution < 1.29 is 29.3 Å². The molecule has 8 nitrogen and oxygen atoms in total. The first-order valence-electron chi connectivity index (χ1n) is 10.1. The summed E-state index contributed by atoms with van der Waals surface area (Å²) in [5.41, 5.74) is 4.28. The van der Waals surface area contributed by atoms with Crippen molar-refractivity contribution in [3.05, 3.63) is 59.7 Å². The van der Waals surface area contributed by atoms with Crippen molar-refractivity contribution in [1.82, 2.24) is 10.6 Å². The molecular weight excluding hydrogens is 400 g/mol. The first kappa shape index (κ1) is 22.3. The van der Waals surface area contributed by atoms with Gasteiger partial charge in [0.05, 0.1) is 6.42 Å². The number of carboxylic acids is 1. The van der Waals surface area contributed by atoms with Gasteiger partial charge < -0.3 is 25.6 Å². The minimum Gasteiger partial charge on any atom is -0.481 e. The van der Waals surface area contributed by atoms with E-state index in [9.17, 15) is 14.4 Å². The van der Waals surface area contributed by atoms with Gasteiger partial charge in [-0.15, -0.1) is 0 Å². The Balaban J connectivity index is 1.65. The van der Waals surface area contributed by atoms with E-state index in [1.807, 2.05) is 48.5 Å². The average Bonchev–Trinajstić information content (AvgIpc) is 3.05. The van der Waals surface area contributed by atoms with Gasteiger partial charge in [-0.25, -0.2) is 4.79 Å². The summed E-state index contributed by atoms with van der Waals surface area (Å²) < 4.78 is 5.39. The number of fused-ring (bicyclic) bond motifs is 3. The van der Waals surface area contributed by atoms with Gasteiger partial charge in [0.1, 0.15) is 12.6 Å². The predicted molar refractivity (Wildman–Crippen MR) is 114 cm³/mol. The summed E-state index contributed by atoms with van der Waals surface area (Å²) in [5.74, 6) is -2.01. The third-order valence-electron chi connectivity index (χ3n) is 5.28. The number of benzene rings is 2. The molecule has 0 fully saturated rings. The largest absolute Gasteiger partial charge is 0.481 e. The number of aliphatic hydroxyl groups is 1. The van der Waals surface area contributed by atoms with E-state index < -0.39 is 30.4 Å². The summed E-state index contributed by atoms with van der Waals surface area (Å²) in [6.07, 6.45) is -1.13. The van der Waals surface area contributed by atoms with Gasteiger partial charge in [-0.3, -0.25) is 9.59 Å². The highest BCUT2D eigenvalue weighted by molar-refractivity contribution is 5.89. The Kier molecular flexibility index (Phi) is 7.25. The highest BCUT2D eigenvalue weighted by Gasteiger charge is 2.30. The number of carbonyl (C=O) groups is 3. The zero-order chi connectivity index (χ0) is 22.4. The second-order valence-electron chi connectivity index (χ2n) is 7.54. The van der Waals surface area contributed by atoms with Crippen LogP contribution < -0.4 is 10.6 Å². The van der Waals surface area contributed by atoms with Crippen LogP contribution in [-0.4, -0.2) is 53.5 Å². The Morgan fingerprint density at radius 3 is 2.13 bits per heavy atom. The zero-order valence-electron chi connectivity index (χ0n) is 17.2. The Hall–Kier alpha value is -3.39. The molecule has 4 N–H and O–H groups in total. The van der Waals surface area contributed by atoms with Crippen molar-refractivity contribution >= 4 is 18.0 Å². The zero-order valence-corrected chi connectivity index (χ0v) is 17.2. The standard InChI is InChI=1S/C23H26N2O6/c1-14(10-11-26)24-22(29)20(12-21(27)28)25-23(30)31-13-19-17-8-4-2-6-15(17)16-7-3-5-9-18(16)19/h2-9,14,19-20,26H,10-13H2,1H3,(H,24,29)(H,25,30)(H,27,28).